The molecule has 2 rings (SSSR count). The molecule has 2 aromatic heterocycles. The summed E-state index contributed by atoms with van der Waals surface area (Å²) in [6.45, 7) is 0. The maximum Gasteiger partial charge on any atom is 0.110 e. The molecule has 3 heteroatoms. The van der Waals surface area contributed by atoms with E-state index in [1.54, 1.807) is 12.4 Å². The van der Waals surface area contributed by atoms with Crippen molar-refractivity contribution in [2.24, 2.45) is 0 Å². The van der Waals surface area contributed by atoms with Gasteiger partial charge in [-0.25, -0.2) is 4.98 Å². The van der Waals surface area contributed by atoms with E-state index in [0.717, 1.165) is 14.6 Å². The predicted molar refractivity (Wildman–Crippen MR) is 52.3 cm³/mol. The minimum atomic E-state index is 1.01. The monoisotopic (exact) mass is 256 g/mol. The summed E-state index contributed by atoms with van der Waals surface area (Å²) in [5, 5.41) is 1.12. The molecule has 2 aromatic rings. The van der Waals surface area contributed by atoms with Gasteiger partial charge in [-0.3, -0.25) is 4.98 Å². The Morgan fingerprint density at radius 1 is 1.09 bits per heavy atom. The number of hydrogen-bond acceptors (Lipinski definition) is 2. The molecule has 0 radical (unpaired) electrons. The Hall–Kier alpha value is -0.710. The number of aromatic nitrogens is 2. The van der Waals surface area contributed by atoms with E-state index >= 15 is 0 Å². The van der Waals surface area contributed by atoms with Crippen molar-refractivity contribution in [2.45, 2.75) is 0 Å². The number of rotatable bonds is 0. The van der Waals surface area contributed by atoms with Crippen LogP contribution in [0.5, 0.6) is 0 Å². The number of nitrogens with zero attached hydrogens (tertiary/aromatic N) is 2. The highest BCUT2D eigenvalue weighted by Crippen LogP contribution is 2.14. The smallest absolute Gasteiger partial charge is 0.110 e. The van der Waals surface area contributed by atoms with Gasteiger partial charge in [0.1, 0.15) is 3.70 Å². The minimum Gasteiger partial charge on any atom is -0.256 e. The summed E-state index contributed by atoms with van der Waals surface area (Å²) in [5.41, 5.74) is 1.01. The summed E-state index contributed by atoms with van der Waals surface area (Å²) >= 11 is 2.21. The molecule has 0 bridgehead atoms. The molecule has 0 aliphatic carbocycles. The molecule has 0 unspecified atom stereocenters. The first kappa shape index (κ1) is 6.97. The number of halogens is 1. The first-order valence-electron chi connectivity index (χ1n) is 3.23. The molecule has 0 saturated heterocycles. The van der Waals surface area contributed by atoms with E-state index in [4.69, 9.17) is 0 Å². The molecule has 11 heavy (non-hydrogen) atoms. The Morgan fingerprint density at radius 2 is 2.00 bits per heavy atom. The first-order chi connectivity index (χ1) is 5.38. The lowest BCUT2D eigenvalue weighted by atomic mass is 10.3. The number of fused-ring (bicyclic) bond motifs is 1. The maximum absolute atomic E-state index is 4.20. The van der Waals surface area contributed by atoms with E-state index < -0.39 is 0 Å². The van der Waals surface area contributed by atoms with Gasteiger partial charge in [0.2, 0.25) is 0 Å². The van der Waals surface area contributed by atoms with Crippen LogP contribution < -0.4 is 0 Å². The highest BCUT2D eigenvalue weighted by atomic mass is 127. The Labute approximate surface area is 77.8 Å². The summed E-state index contributed by atoms with van der Waals surface area (Å²) in [4.78, 5) is 8.35. The molecule has 0 aliphatic heterocycles. The summed E-state index contributed by atoms with van der Waals surface area (Å²) in [6, 6.07) is 5.86. The van der Waals surface area contributed by atoms with Crippen LogP contribution in [-0.2, 0) is 0 Å². The van der Waals surface area contributed by atoms with Gasteiger partial charge in [0.15, 0.2) is 0 Å². The van der Waals surface area contributed by atoms with Gasteiger partial charge >= 0.3 is 0 Å². The molecule has 0 N–H and O–H groups in total. The van der Waals surface area contributed by atoms with Gasteiger partial charge in [0, 0.05) is 17.8 Å². The summed E-state index contributed by atoms with van der Waals surface area (Å²) < 4.78 is 1.01. The van der Waals surface area contributed by atoms with E-state index in [2.05, 4.69) is 32.6 Å². The molecule has 2 heterocycles. The van der Waals surface area contributed by atoms with Crippen LogP contribution in [0.4, 0.5) is 0 Å². The van der Waals surface area contributed by atoms with Crippen LogP contribution in [0.2, 0.25) is 0 Å². The van der Waals surface area contributed by atoms with Crippen LogP contribution in [0, 0.1) is 3.70 Å². The molecule has 0 fully saturated rings. The maximum atomic E-state index is 4.20. The molecular weight excluding hydrogens is 251 g/mol. The second-order valence-corrected chi connectivity index (χ2v) is 3.19. The second-order valence-electron chi connectivity index (χ2n) is 2.17. The van der Waals surface area contributed by atoms with Crippen molar-refractivity contribution in [2.75, 3.05) is 0 Å². The van der Waals surface area contributed by atoms with Gasteiger partial charge in [-0.1, -0.05) is 0 Å². The lowest BCUT2D eigenvalue weighted by molar-refractivity contribution is 1.28. The Kier molecular flexibility index (Phi) is 1.73. The molecule has 0 aliphatic rings. The third-order valence-corrected chi connectivity index (χ3v) is 2.34. The molecule has 2 nitrogen and oxygen atoms in total. The van der Waals surface area contributed by atoms with Crippen molar-refractivity contribution in [3.05, 3.63) is 34.3 Å². The fraction of sp³-hybridized carbons (Fsp3) is 0. The number of pyridine rings is 2. The lowest BCUT2D eigenvalue weighted by Crippen LogP contribution is -1.83. The van der Waals surface area contributed by atoms with Crippen LogP contribution in [0.25, 0.3) is 10.9 Å². The lowest BCUT2D eigenvalue weighted by Gasteiger charge is -1.95. The molecule has 54 valence electrons. The van der Waals surface area contributed by atoms with Crippen LogP contribution in [0.1, 0.15) is 0 Å². The van der Waals surface area contributed by atoms with E-state index in [1.807, 2.05) is 18.2 Å². The van der Waals surface area contributed by atoms with Crippen LogP contribution >= 0.6 is 22.6 Å². The van der Waals surface area contributed by atoms with Gasteiger partial charge < -0.3 is 0 Å². The molecule has 0 atom stereocenters. The highest BCUT2D eigenvalue weighted by Gasteiger charge is 1.96. The van der Waals surface area contributed by atoms with Gasteiger partial charge in [0.05, 0.1) is 5.52 Å². The summed E-state index contributed by atoms with van der Waals surface area (Å²) in [7, 11) is 0. The minimum absolute atomic E-state index is 1.01. The molecule has 0 spiro atoms. The van der Waals surface area contributed by atoms with E-state index in [9.17, 15) is 0 Å². The largest absolute Gasteiger partial charge is 0.256 e. The molecule has 0 saturated carbocycles. The highest BCUT2D eigenvalue weighted by molar-refractivity contribution is 14.1. The normalized spacial score (nSPS) is 10.3. The zero-order chi connectivity index (χ0) is 7.68. The van der Waals surface area contributed by atoms with Gasteiger partial charge in [-0.05, 0) is 40.8 Å². The third-order valence-electron chi connectivity index (χ3n) is 1.48. The number of hydrogen-bond donors (Lipinski definition) is 0. The van der Waals surface area contributed by atoms with E-state index in [1.165, 1.54) is 0 Å². The first-order valence-corrected chi connectivity index (χ1v) is 4.31. The van der Waals surface area contributed by atoms with Crippen LogP contribution in [0.3, 0.4) is 0 Å². The Balaban J connectivity index is 2.91. The summed E-state index contributed by atoms with van der Waals surface area (Å²) in [6.07, 6.45) is 3.56. The zero-order valence-corrected chi connectivity index (χ0v) is 7.82. The van der Waals surface area contributed by atoms with E-state index in [0.29, 0.717) is 0 Å². The summed E-state index contributed by atoms with van der Waals surface area (Å²) in [5.74, 6) is 0. The quantitative estimate of drug-likeness (QED) is 0.533. The molecule has 0 amide bonds. The average molecular weight is 256 g/mol. The standard InChI is InChI=1S/C8H5IN2/c9-8-6-2-1-4-10-7(6)3-5-11-8/h1-5H. The zero-order valence-electron chi connectivity index (χ0n) is 5.66. The fourth-order valence-corrected chi connectivity index (χ4v) is 1.58. The van der Waals surface area contributed by atoms with Crippen LogP contribution in [0.15, 0.2) is 30.6 Å². The molecule has 0 aromatic carbocycles. The SMILES string of the molecule is Ic1nccc2ncccc12. The van der Waals surface area contributed by atoms with Gasteiger partial charge in [-0.2, -0.15) is 0 Å². The molecular formula is C8H5IN2. The van der Waals surface area contributed by atoms with Crippen LogP contribution in [-0.4, -0.2) is 9.97 Å². The van der Waals surface area contributed by atoms with Crippen molar-refractivity contribution in [3.63, 3.8) is 0 Å². The Bertz CT molecular complexity index is 381. The predicted octanol–water partition coefficient (Wildman–Crippen LogP) is 2.23. The average Bonchev–Trinajstić information content (AvgIpc) is 2.06. The topological polar surface area (TPSA) is 25.8 Å². The van der Waals surface area contributed by atoms with Crippen molar-refractivity contribution in [1.82, 2.24) is 9.97 Å². The van der Waals surface area contributed by atoms with Gasteiger partial charge in [-0.15, -0.1) is 0 Å². The Morgan fingerprint density at radius 3 is 2.82 bits per heavy atom. The fourth-order valence-electron chi connectivity index (χ4n) is 0.968. The van der Waals surface area contributed by atoms with E-state index in [-0.39, 0.29) is 0 Å². The van der Waals surface area contributed by atoms with Crippen molar-refractivity contribution in [1.29, 1.82) is 0 Å². The van der Waals surface area contributed by atoms with Crippen molar-refractivity contribution in [3.8, 4) is 0 Å². The van der Waals surface area contributed by atoms with Crippen molar-refractivity contribution >= 4 is 33.5 Å². The van der Waals surface area contributed by atoms with Crippen molar-refractivity contribution < 1.29 is 0 Å². The second kappa shape index (κ2) is 2.73. The van der Waals surface area contributed by atoms with Gasteiger partial charge in [0.25, 0.3) is 0 Å². The third kappa shape index (κ3) is 1.20.